The topological polar surface area (TPSA) is 106 Å². The Morgan fingerprint density at radius 1 is 1.16 bits per heavy atom. The molecule has 0 radical (unpaired) electrons. The van der Waals surface area contributed by atoms with Gasteiger partial charge in [-0.15, -0.1) is 0 Å². The average molecular weight is 476 g/mol. The first-order valence-electron chi connectivity index (χ1n) is 10.1. The number of hydrogen-bond donors (Lipinski definition) is 1. The van der Waals surface area contributed by atoms with Crippen LogP contribution in [-0.4, -0.2) is 49.6 Å². The maximum Gasteiger partial charge on any atom is 0.242 e. The Morgan fingerprint density at radius 3 is 2.53 bits per heavy atom. The molecule has 0 aliphatic rings. The summed E-state index contributed by atoms with van der Waals surface area (Å²) < 4.78 is 32.9. The summed E-state index contributed by atoms with van der Waals surface area (Å²) in [5, 5.41) is 3.26. The molecular formula is C22H25N3O5S2. The van der Waals surface area contributed by atoms with Crippen LogP contribution in [0.2, 0.25) is 0 Å². The Labute approximate surface area is 191 Å². The number of sulfonamides is 1. The Bertz CT molecular complexity index is 1220. The van der Waals surface area contributed by atoms with Gasteiger partial charge in [-0.3, -0.25) is 9.59 Å². The lowest BCUT2D eigenvalue weighted by atomic mass is 10.2. The second-order valence-corrected chi connectivity index (χ2v) is 10.2. The summed E-state index contributed by atoms with van der Waals surface area (Å²) in [7, 11) is -2.23. The molecule has 0 spiro atoms. The summed E-state index contributed by atoms with van der Waals surface area (Å²) in [5.41, 5.74) is 1.22. The summed E-state index contributed by atoms with van der Waals surface area (Å²) in [6, 6.07) is 11.4. The van der Waals surface area contributed by atoms with Gasteiger partial charge in [0.25, 0.3) is 0 Å². The molecule has 2 aromatic carbocycles. The highest BCUT2D eigenvalue weighted by Gasteiger charge is 2.21. The molecule has 0 fully saturated rings. The molecule has 0 aliphatic carbocycles. The van der Waals surface area contributed by atoms with Crippen LogP contribution in [-0.2, 0) is 14.8 Å². The van der Waals surface area contributed by atoms with E-state index in [2.05, 4.69) is 10.3 Å². The van der Waals surface area contributed by atoms with E-state index in [-0.39, 0.29) is 29.6 Å². The number of fused-ring (bicyclic) bond motifs is 1. The van der Waals surface area contributed by atoms with Gasteiger partial charge >= 0.3 is 0 Å². The van der Waals surface area contributed by atoms with Crippen molar-refractivity contribution < 1.29 is 22.7 Å². The van der Waals surface area contributed by atoms with Crippen molar-refractivity contribution in [3.05, 3.63) is 48.0 Å². The van der Waals surface area contributed by atoms with Gasteiger partial charge in [0.15, 0.2) is 10.9 Å². The Balaban J connectivity index is 1.53. The molecule has 10 heteroatoms. The number of amides is 1. The smallest absolute Gasteiger partial charge is 0.242 e. The third kappa shape index (κ3) is 5.70. The summed E-state index contributed by atoms with van der Waals surface area (Å²) in [4.78, 5) is 28.2. The Hall–Kier alpha value is -2.82. The molecule has 3 aromatic rings. The number of anilines is 1. The van der Waals surface area contributed by atoms with Crippen molar-refractivity contribution in [1.82, 2.24) is 9.29 Å². The molecule has 1 amide bonds. The lowest BCUT2D eigenvalue weighted by molar-refractivity contribution is -0.116. The van der Waals surface area contributed by atoms with Crippen LogP contribution in [0.15, 0.2) is 47.4 Å². The highest BCUT2D eigenvalue weighted by Crippen LogP contribution is 2.29. The quantitative estimate of drug-likeness (QED) is 0.445. The SMILES string of the molecule is CCOc1ccc2nc(NC(=O)CCCN(C)S(=O)(=O)c3ccc(C(C)=O)cc3)sc2c1. The van der Waals surface area contributed by atoms with Crippen molar-refractivity contribution in [3.63, 3.8) is 0 Å². The molecule has 32 heavy (non-hydrogen) atoms. The molecule has 0 aliphatic heterocycles. The summed E-state index contributed by atoms with van der Waals surface area (Å²) in [6.07, 6.45) is 0.510. The molecule has 0 saturated carbocycles. The minimum Gasteiger partial charge on any atom is -0.494 e. The fourth-order valence-electron chi connectivity index (χ4n) is 3.02. The van der Waals surface area contributed by atoms with Gasteiger partial charge in [-0.05, 0) is 50.6 Å². The van der Waals surface area contributed by atoms with Crippen molar-refractivity contribution in [2.75, 3.05) is 25.5 Å². The van der Waals surface area contributed by atoms with Crippen LogP contribution < -0.4 is 10.1 Å². The van der Waals surface area contributed by atoms with Crippen molar-refractivity contribution in [2.24, 2.45) is 0 Å². The van der Waals surface area contributed by atoms with E-state index >= 15 is 0 Å². The van der Waals surface area contributed by atoms with Crippen LogP contribution in [0.4, 0.5) is 5.13 Å². The second-order valence-electron chi connectivity index (χ2n) is 7.14. The number of thiazole rings is 1. The lowest BCUT2D eigenvalue weighted by Gasteiger charge is -2.17. The number of rotatable bonds is 10. The van der Waals surface area contributed by atoms with E-state index in [1.54, 1.807) is 0 Å². The number of nitrogens with one attached hydrogen (secondary N) is 1. The van der Waals surface area contributed by atoms with Crippen molar-refractivity contribution in [3.8, 4) is 5.75 Å². The monoisotopic (exact) mass is 475 g/mol. The Morgan fingerprint density at radius 2 is 1.88 bits per heavy atom. The molecule has 1 N–H and O–H groups in total. The third-order valence-corrected chi connectivity index (χ3v) is 7.57. The van der Waals surface area contributed by atoms with Gasteiger partial charge in [0.1, 0.15) is 5.75 Å². The van der Waals surface area contributed by atoms with E-state index in [1.165, 1.54) is 53.9 Å². The fourth-order valence-corrected chi connectivity index (χ4v) is 5.14. The van der Waals surface area contributed by atoms with Crippen LogP contribution in [0.3, 0.4) is 0 Å². The maximum atomic E-state index is 12.7. The predicted molar refractivity (Wildman–Crippen MR) is 125 cm³/mol. The van der Waals surface area contributed by atoms with E-state index in [1.807, 2.05) is 25.1 Å². The number of ether oxygens (including phenoxy) is 1. The van der Waals surface area contributed by atoms with Crippen LogP contribution in [0.1, 0.15) is 37.0 Å². The number of benzene rings is 2. The first-order valence-corrected chi connectivity index (χ1v) is 12.4. The zero-order valence-electron chi connectivity index (χ0n) is 18.1. The summed E-state index contributed by atoms with van der Waals surface area (Å²) in [5.74, 6) is 0.392. The van der Waals surface area contributed by atoms with Gasteiger partial charge in [0, 0.05) is 25.6 Å². The van der Waals surface area contributed by atoms with Crippen molar-refractivity contribution in [1.29, 1.82) is 0 Å². The van der Waals surface area contributed by atoms with Crippen LogP contribution in [0.25, 0.3) is 10.2 Å². The normalized spacial score (nSPS) is 11.6. The molecule has 170 valence electrons. The van der Waals surface area contributed by atoms with E-state index in [4.69, 9.17) is 4.74 Å². The largest absolute Gasteiger partial charge is 0.494 e. The molecule has 3 rings (SSSR count). The minimum absolute atomic E-state index is 0.107. The first kappa shape index (κ1) is 23.8. The number of ketones is 1. The van der Waals surface area contributed by atoms with Gasteiger partial charge in [0.2, 0.25) is 15.9 Å². The highest BCUT2D eigenvalue weighted by molar-refractivity contribution is 7.89. The Kier molecular flexibility index (Phi) is 7.60. The van der Waals surface area contributed by atoms with Gasteiger partial charge in [-0.1, -0.05) is 23.5 Å². The molecule has 0 atom stereocenters. The standard InChI is InChI=1S/C22H25N3O5S2/c1-4-30-17-9-12-19-20(14-17)31-22(23-19)24-21(27)6-5-13-25(3)32(28,29)18-10-7-16(8-11-18)15(2)26/h7-12,14H,4-6,13H2,1-3H3,(H,23,24,27). The number of aromatic nitrogens is 1. The van der Waals surface area contributed by atoms with Crippen molar-refractivity contribution in [2.45, 2.75) is 31.6 Å². The third-order valence-electron chi connectivity index (χ3n) is 4.76. The fraction of sp³-hybridized carbons (Fsp3) is 0.318. The van der Waals surface area contributed by atoms with Gasteiger partial charge in [-0.25, -0.2) is 17.7 Å². The van der Waals surface area contributed by atoms with Crippen molar-refractivity contribution >= 4 is 48.4 Å². The predicted octanol–water partition coefficient (Wildman–Crippen LogP) is 3.94. The zero-order chi connectivity index (χ0) is 23.3. The van der Waals surface area contributed by atoms with E-state index in [9.17, 15) is 18.0 Å². The number of nitrogens with zero attached hydrogens (tertiary/aromatic N) is 2. The van der Waals surface area contributed by atoms with Crippen LogP contribution >= 0.6 is 11.3 Å². The second kappa shape index (κ2) is 10.2. The number of Topliss-reactive ketones (excluding diaryl/α,β-unsaturated/α-hetero) is 1. The van der Waals surface area contributed by atoms with E-state index in [0.29, 0.717) is 23.7 Å². The number of carbonyl (C=O) groups excluding carboxylic acids is 2. The maximum absolute atomic E-state index is 12.7. The molecular weight excluding hydrogens is 450 g/mol. The lowest BCUT2D eigenvalue weighted by Crippen LogP contribution is -2.28. The number of carbonyl (C=O) groups is 2. The average Bonchev–Trinajstić information content (AvgIpc) is 3.15. The van der Waals surface area contributed by atoms with Gasteiger partial charge in [-0.2, -0.15) is 0 Å². The summed E-state index contributed by atoms with van der Waals surface area (Å²) in [6.45, 7) is 4.09. The van der Waals surface area contributed by atoms with E-state index in [0.717, 1.165) is 16.0 Å². The molecule has 8 nitrogen and oxygen atoms in total. The van der Waals surface area contributed by atoms with Gasteiger partial charge < -0.3 is 10.1 Å². The minimum atomic E-state index is -3.70. The van der Waals surface area contributed by atoms with Gasteiger partial charge in [0.05, 0.1) is 21.7 Å². The molecule has 1 aromatic heterocycles. The van der Waals surface area contributed by atoms with Crippen LogP contribution in [0.5, 0.6) is 5.75 Å². The summed E-state index contributed by atoms with van der Waals surface area (Å²) >= 11 is 1.36. The van der Waals surface area contributed by atoms with E-state index < -0.39 is 10.0 Å². The number of hydrogen-bond acceptors (Lipinski definition) is 7. The molecule has 1 heterocycles. The molecule has 0 saturated heterocycles. The highest BCUT2D eigenvalue weighted by atomic mass is 32.2. The zero-order valence-corrected chi connectivity index (χ0v) is 19.8. The molecule has 0 unspecified atom stereocenters. The van der Waals surface area contributed by atoms with Crippen LogP contribution in [0, 0.1) is 0 Å². The molecule has 0 bridgehead atoms. The first-order chi connectivity index (χ1) is 15.2.